The first-order chi connectivity index (χ1) is 10.1. The van der Waals surface area contributed by atoms with Crippen LogP contribution in [0.15, 0.2) is 0 Å². The monoisotopic (exact) mass is 297 g/mol. The molecule has 0 aromatic rings. The molecule has 0 aromatic heterocycles. The zero-order chi connectivity index (χ0) is 15.5. The van der Waals surface area contributed by atoms with Gasteiger partial charge in [-0.25, -0.2) is 0 Å². The van der Waals surface area contributed by atoms with Crippen LogP contribution in [0.1, 0.15) is 90.4 Å². The molecule has 0 aliphatic heterocycles. The van der Waals surface area contributed by atoms with Gasteiger partial charge in [0, 0.05) is 0 Å². The quantitative estimate of drug-likeness (QED) is 0.534. The molecule has 2 N–H and O–H groups in total. The van der Waals surface area contributed by atoms with Crippen molar-refractivity contribution < 1.29 is 10.2 Å². The van der Waals surface area contributed by atoms with Gasteiger partial charge in [0.05, 0.1) is 12.2 Å². The molecule has 0 amide bonds. The van der Waals surface area contributed by atoms with Crippen molar-refractivity contribution in [2.45, 2.75) is 103 Å². The van der Waals surface area contributed by atoms with Crippen LogP contribution in [0.25, 0.3) is 0 Å². The Labute approximate surface area is 132 Å². The van der Waals surface area contributed by atoms with Gasteiger partial charge in [-0.1, -0.05) is 71.1 Å². The Kier molecular flexibility index (Phi) is 10.4. The lowest BCUT2D eigenvalue weighted by atomic mass is 9.82. The molecular formula is C19H37O2. The molecule has 125 valence electrons. The first-order valence-corrected chi connectivity index (χ1v) is 9.32. The minimum Gasteiger partial charge on any atom is -0.393 e. The maximum absolute atomic E-state index is 10.3. The van der Waals surface area contributed by atoms with Gasteiger partial charge in [-0.15, -0.1) is 0 Å². The van der Waals surface area contributed by atoms with E-state index in [-0.39, 0.29) is 12.0 Å². The molecule has 1 aliphatic rings. The summed E-state index contributed by atoms with van der Waals surface area (Å²) in [6, 6.07) is 0. The van der Waals surface area contributed by atoms with Gasteiger partial charge in [0.25, 0.3) is 0 Å². The molecule has 2 heteroatoms. The van der Waals surface area contributed by atoms with Crippen LogP contribution in [0.5, 0.6) is 0 Å². The predicted molar refractivity (Wildman–Crippen MR) is 90.0 cm³/mol. The van der Waals surface area contributed by atoms with Gasteiger partial charge in [0.15, 0.2) is 0 Å². The molecule has 21 heavy (non-hydrogen) atoms. The molecule has 1 fully saturated rings. The smallest absolute Gasteiger partial charge is 0.0570 e. The van der Waals surface area contributed by atoms with E-state index in [1.807, 2.05) is 0 Å². The highest BCUT2D eigenvalue weighted by molar-refractivity contribution is 4.77. The number of aliphatic hydroxyl groups is 2. The second-order valence-corrected chi connectivity index (χ2v) is 7.16. The lowest BCUT2D eigenvalue weighted by Crippen LogP contribution is -2.25. The van der Waals surface area contributed by atoms with Gasteiger partial charge in [-0.2, -0.15) is 0 Å². The highest BCUT2D eigenvalue weighted by Gasteiger charge is 2.22. The first kappa shape index (κ1) is 19.0. The average molecular weight is 298 g/mol. The number of unbranched alkanes of at least 4 members (excludes halogenated alkanes) is 4. The molecule has 0 spiro atoms. The van der Waals surface area contributed by atoms with Gasteiger partial charge in [0.1, 0.15) is 0 Å². The summed E-state index contributed by atoms with van der Waals surface area (Å²) in [5.41, 5.74) is 0. The Morgan fingerprint density at radius 2 is 1.67 bits per heavy atom. The Balaban J connectivity index is 2.21. The van der Waals surface area contributed by atoms with Crippen molar-refractivity contribution in [2.75, 3.05) is 0 Å². The molecule has 1 saturated carbocycles. The second-order valence-electron chi connectivity index (χ2n) is 7.16. The summed E-state index contributed by atoms with van der Waals surface area (Å²) in [5, 5.41) is 20.2. The normalized spacial score (nSPS) is 21.1. The molecule has 1 rings (SSSR count). The highest BCUT2D eigenvalue weighted by atomic mass is 16.3. The molecule has 1 aliphatic carbocycles. The lowest BCUT2D eigenvalue weighted by Gasteiger charge is -2.27. The van der Waals surface area contributed by atoms with Crippen molar-refractivity contribution in [1.29, 1.82) is 0 Å². The molecule has 0 bridgehead atoms. The summed E-state index contributed by atoms with van der Waals surface area (Å²) >= 11 is 0. The molecule has 0 heterocycles. The van der Waals surface area contributed by atoms with E-state index in [4.69, 9.17) is 0 Å². The van der Waals surface area contributed by atoms with Crippen LogP contribution >= 0.6 is 0 Å². The predicted octanol–water partition coefficient (Wildman–Crippen LogP) is 4.88. The first-order valence-electron chi connectivity index (χ1n) is 9.32. The van der Waals surface area contributed by atoms with Crippen molar-refractivity contribution in [1.82, 2.24) is 0 Å². The number of aliphatic hydroxyl groups excluding tert-OH is 2. The second kappa shape index (κ2) is 11.5. The number of hydrogen-bond donors (Lipinski definition) is 2. The largest absolute Gasteiger partial charge is 0.393 e. The van der Waals surface area contributed by atoms with Crippen LogP contribution in [0.4, 0.5) is 0 Å². The van der Waals surface area contributed by atoms with Crippen molar-refractivity contribution in [2.24, 2.45) is 11.8 Å². The van der Waals surface area contributed by atoms with Crippen LogP contribution in [-0.2, 0) is 0 Å². The summed E-state index contributed by atoms with van der Waals surface area (Å²) in [6.45, 7) is 6.02. The molecule has 0 aromatic carbocycles. The van der Waals surface area contributed by atoms with Gasteiger partial charge in [-0.3, -0.25) is 0 Å². The van der Waals surface area contributed by atoms with Crippen LogP contribution in [-0.4, -0.2) is 22.4 Å². The molecule has 0 saturated heterocycles. The molecule has 3 unspecified atom stereocenters. The van der Waals surface area contributed by atoms with Crippen molar-refractivity contribution in [3.05, 3.63) is 6.92 Å². The lowest BCUT2D eigenvalue weighted by molar-refractivity contribution is 0.0620. The maximum atomic E-state index is 10.3. The van der Waals surface area contributed by atoms with Crippen LogP contribution in [0.3, 0.4) is 0 Å². The van der Waals surface area contributed by atoms with Gasteiger partial charge in [-0.05, 0) is 38.0 Å². The van der Waals surface area contributed by atoms with Crippen LogP contribution in [0.2, 0.25) is 0 Å². The van der Waals surface area contributed by atoms with Gasteiger partial charge in [0.2, 0.25) is 0 Å². The highest BCUT2D eigenvalue weighted by Crippen LogP contribution is 2.30. The van der Waals surface area contributed by atoms with E-state index in [1.54, 1.807) is 0 Å². The summed E-state index contributed by atoms with van der Waals surface area (Å²) < 4.78 is 0. The fraction of sp³-hybridized carbons (Fsp3) is 0.947. The zero-order valence-corrected chi connectivity index (χ0v) is 14.1. The van der Waals surface area contributed by atoms with Crippen LogP contribution in [0, 0.1) is 18.8 Å². The molecular weight excluding hydrogens is 260 g/mol. The Hall–Kier alpha value is -0.0800. The number of hydrogen-bond acceptors (Lipinski definition) is 2. The average Bonchev–Trinajstić information content (AvgIpc) is 2.46. The van der Waals surface area contributed by atoms with E-state index in [1.165, 1.54) is 57.8 Å². The van der Waals surface area contributed by atoms with Gasteiger partial charge < -0.3 is 10.2 Å². The van der Waals surface area contributed by atoms with Crippen LogP contribution < -0.4 is 0 Å². The van der Waals surface area contributed by atoms with Crippen molar-refractivity contribution >= 4 is 0 Å². The fourth-order valence-electron chi connectivity index (χ4n) is 3.73. The van der Waals surface area contributed by atoms with E-state index in [0.29, 0.717) is 5.92 Å². The maximum Gasteiger partial charge on any atom is 0.0570 e. The Morgan fingerprint density at radius 3 is 2.29 bits per heavy atom. The van der Waals surface area contributed by atoms with E-state index in [2.05, 4.69) is 13.8 Å². The third-order valence-corrected chi connectivity index (χ3v) is 5.13. The molecule has 2 nitrogen and oxygen atoms in total. The van der Waals surface area contributed by atoms with Gasteiger partial charge >= 0.3 is 0 Å². The summed E-state index contributed by atoms with van der Waals surface area (Å²) in [7, 11) is 0. The zero-order valence-electron chi connectivity index (χ0n) is 14.1. The third kappa shape index (κ3) is 8.83. The Bertz CT molecular complexity index is 234. The van der Waals surface area contributed by atoms with E-state index in [0.717, 1.165) is 25.7 Å². The SMILES string of the molecule is [CH2]C(O)C(CCCCCCC)CC(O)CC1CCCCC1. The summed E-state index contributed by atoms with van der Waals surface area (Å²) in [6.07, 6.45) is 14.8. The standard InChI is InChI=1S/C19H37O2/c1-3-4-5-6-10-13-18(16(2)20)15-19(21)14-17-11-8-7-9-12-17/h16-21H,2-15H2,1H3. The topological polar surface area (TPSA) is 40.5 Å². The molecule has 1 radical (unpaired) electrons. The Morgan fingerprint density at radius 1 is 1.00 bits per heavy atom. The third-order valence-electron chi connectivity index (χ3n) is 5.13. The van der Waals surface area contributed by atoms with Crippen molar-refractivity contribution in [3.8, 4) is 0 Å². The number of rotatable bonds is 11. The summed E-state index contributed by atoms with van der Waals surface area (Å²) in [4.78, 5) is 0. The van der Waals surface area contributed by atoms with E-state index < -0.39 is 6.10 Å². The van der Waals surface area contributed by atoms with Crippen molar-refractivity contribution in [3.63, 3.8) is 0 Å². The minimum absolute atomic E-state index is 0.171. The summed E-state index contributed by atoms with van der Waals surface area (Å²) in [5.74, 6) is 0.881. The molecule has 3 atom stereocenters. The fourth-order valence-corrected chi connectivity index (χ4v) is 3.73. The van der Waals surface area contributed by atoms with E-state index in [9.17, 15) is 10.2 Å². The van der Waals surface area contributed by atoms with E-state index >= 15 is 0 Å². The minimum atomic E-state index is -0.530.